The maximum absolute atomic E-state index is 13.0. The van der Waals surface area contributed by atoms with Gasteiger partial charge in [0.05, 0.1) is 6.42 Å². The van der Waals surface area contributed by atoms with Crippen molar-refractivity contribution in [3.8, 4) is 0 Å². The van der Waals surface area contributed by atoms with E-state index in [9.17, 15) is 40.7 Å². The van der Waals surface area contributed by atoms with Gasteiger partial charge in [0.15, 0.2) is 0 Å². The SMILES string of the molecule is O=P([O-])([O-])C(CC(F)(F)F)(c1ccccc1)C(F)(F)F. The van der Waals surface area contributed by atoms with Crippen LogP contribution < -0.4 is 9.79 Å². The average Bonchev–Trinajstić information content (AvgIpc) is 2.22. The summed E-state index contributed by atoms with van der Waals surface area (Å²) >= 11 is 0. The third-order valence-electron chi connectivity index (χ3n) is 2.64. The summed E-state index contributed by atoms with van der Waals surface area (Å²) in [5.41, 5.74) is -1.25. The van der Waals surface area contributed by atoms with E-state index in [-0.39, 0.29) is 0 Å². The molecule has 0 fully saturated rings. The van der Waals surface area contributed by atoms with E-state index < -0.39 is 37.1 Å². The lowest BCUT2D eigenvalue weighted by molar-refractivity contribution is -0.340. The fraction of sp³-hybridized carbons (Fsp3) is 0.400. The van der Waals surface area contributed by atoms with Crippen molar-refractivity contribution in [2.24, 2.45) is 0 Å². The zero-order chi connectivity index (χ0) is 15.8. The minimum atomic E-state index is -6.69. The Morgan fingerprint density at radius 2 is 1.40 bits per heavy atom. The maximum Gasteiger partial charge on any atom is 0.403 e. The first-order valence-electron chi connectivity index (χ1n) is 5.02. The zero-order valence-corrected chi connectivity index (χ0v) is 10.4. The standard InChI is InChI=1S/C10H9F6O3P/c11-9(12,13)6-8(10(14,15)16,20(17,18)19)7-4-2-1-3-5-7/h1-5H,6H2,(H2,17,18,19)/p-2. The lowest BCUT2D eigenvalue weighted by Crippen LogP contribution is -2.51. The van der Waals surface area contributed by atoms with Crippen molar-refractivity contribution in [2.45, 2.75) is 23.9 Å². The molecule has 0 radical (unpaired) electrons. The summed E-state index contributed by atoms with van der Waals surface area (Å²) in [6, 6.07) is 4.08. The number of alkyl halides is 6. The molecule has 0 aliphatic rings. The van der Waals surface area contributed by atoms with Gasteiger partial charge in [-0.15, -0.1) is 0 Å². The van der Waals surface area contributed by atoms with Gasteiger partial charge in [-0.1, -0.05) is 30.3 Å². The van der Waals surface area contributed by atoms with Gasteiger partial charge in [-0.25, -0.2) is 0 Å². The lowest BCUT2D eigenvalue weighted by atomic mass is 9.93. The zero-order valence-electron chi connectivity index (χ0n) is 9.53. The van der Waals surface area contributed by atoms with Crippen molar-refractivity contribution >= 4 is 7.60 Å². The maximum atomic E-state index is 13.0. The topological polar surface area (TPSA) is 63.2 Å². The molecule has 20 heavy (non-hydrogen) atoms. The number of benzene rings is 1. The van der Waals surface area contributed by atoms with Gasteiger partial charge in [0.2, 0.25) is 0 Å². The molecule has 0 saturated carbocycles. The van der Waals surface area contributed by atoms with Crippen LogP contribution >= 0.6 is 7.60 Å². The van der Waals surface area contributed by atoms with E-state index in [2.05, 4.69) is 0 Å². The molecule has 1 rings (SSSR count). The second-order valence-electron chi connectivity index (χ2n) is 4.01. The minimum Gasteiger partial charge on any atom is -0.810 e. The number of hydrogen-bond acceptors (Lipinski definition) is 3. The largest absolute Gasteiger partial charge is 0.810 e. The van der Waals surface area contributed by atoms with Crippen LogP contribution in [0, 0.1) is 0 Å². The molecule has 0 aliphatic carbocycles. The highest BCUT2D eigenvalue weighted by Gasteiger charge is 2.62. The molecule has 0 bridgehead atoms. The molecule has 0 saturated heterocycles. The highest BCUT2D eigenvalue weighted by atomic mass is 31.2. The van der Waals surface area contributed by atoms with E-state index in [1.807, 2.05) is 0 Å². The Kier molecular flexibility index (Phi) is 4.29. The van der Waals surface area contributed by atoms with Crippen LogP contribution in [-0.4, -0.2) is 12.4 Å². The van der Waals surface area contributed by atoms with Gasteiger partial charge in [0, 0.05) is 0 Å². The predicted octanol–water partition coefficient (Wildman–Crippen LogP) is 2.31. The van der Waals surface area contributed by atoms with Crippen LogP contribution in [0.15, 0.2) is 30.3 Å². The Morgan fingerprint density at radius 3 is 1.70 bits per heavy atom. The van der Waals surface area contributed by atoms with E-state index in [1.54, 1.807) is 0 Å². The molecule has 0 aliphatic heterocycles. The third kappa shape index (κ3) is 3.16. The van der Waals surface area contributed by atoms with Crippen molar-refractivity contribution in [1.82, 2.24) is 0 Å². The minimum absolute atomic E-state index is 0.529. The molecule has 1 unspecified atom stereocenters. The van der Waals surface area contributed by atoms with Gasteiger partial charge in [-0.2, -0.15) is 26.3 Å². The van der Waals surface area contributed by atoms with Crippen LogP contribution in [0.25, 0.3) is 0 Å². The van der Waals surface area contributed by atoms with E-state index in [0.717, 1.165) is 12.1 Å². The predicted molar refractivity (Wildman–Crippen MR) is 52.5 cm³/mol. The number of hydrogen-bond donors (Lipinski definition) is 0. The second-order valence-corrected chi connectivity index (χ2v) is 5.77. The molecule has 1 aromatic carbocycles. The van der Waals surface area contributed by atoms with Crippen LogP contribution in [0.4, 0.5) is 26.3 Å². The molecule has 10 heteroatoms. The molecule has 0 spiro atoms. The smallest absolute Gasteiger partial charge is 0.403 e. The van der Waals surface area contributed by atoms with Gasteiger partial charge in [-0.3, -0.25) is 0 Å². The lowest BCUT2D eigenvalue weighted by Gasteiger charge is -2.50. The monoisotopic (exact) mass is 320 g/mol. The van der Waals surface area contributed by atoms with E-state index in [1.165, 1.54) is 6.07 Å². The Bertz CT molecular complexity index is 506. The molecule has 0 heterocycles. The Hall–Kier alpha value is -1.05. The molecule has 1 aromatic rings. The van der Waals surface area contributed by atoms with Crippen molar-refractivity contribution in [3.05, 3.63) is 35.9 Å². The third-order valence-corrected chi connectivity index (χ3v) is 4.25. The molecular weight excluding hydrogens is 313 g/mol. The summed E-state index contributed by atoms with van der Waals surface area (Å²) in [6.45, 7) is 0. The second kappa shape index (κ2) is 5.05. The van der Waals surface area contributed by atoms with Crippen LogP contribution in [0.2, 0.25) is 0 Å². The van der Waals surface area contributed by atoms with Crippen molar-refractivity contribution in [1.29, 1.82) is 0 Å². The summed E-state index contributed by atoms with van der Waals surface area (Å²) in [7, 11) is -6.69. The summed E-state index contributed by atoms with van der Waals surface area (Å²) in [5.74, 6) is 0. The fourth-order valence-electron chi connectivity index (χ4n) is 1.78. The van der Waals surface area contributed by atoms with Gasteiger partial charge in [0.25, 0.3) is 0 Å². The van der Waals surface area contributed by atoms with Crippen LogP contribution in [0.5, 0.6) is 0 Å². The van der Waals surface area contributed by atoms with Crippen molar-refractivity contribution in [2.75, 3.05) is 0 Å². The summed E-state index contributed by atoms with van der Waals surface area (Å²) in [4.78, 5) is 22.1. The number of halogens is 6. The highest BCUT2D eigenvalue weighted by Crippen LogP contribution is 2.63. The van der Waals surface area contributed by atoms with Gasteiger partial charge in [0.1, 0.15) is 5.16 Å². The molecule has 114 valence electrons. The molecule has 0 aromatic heterocycles. The molecule has 1 atom stereocenters. The first kappa shape index (κ1) is 17.0. The van der Waals surface area contributed by atoms with Crippen LogP contribution in [0.1, 0.15) is 12.0 Å². The quantitative estimate of drug-likeness (QED) is 0.634. The van der Waals surface area contributed by atoms with Crippen molar-refractivity contribution in [3.63, 3.8) is 0 Å². The molecule has 3 nitrogen and oxygen atoms in total. The first-order valence-corrected chi connectivity index (χ1v) is 6.57. The molecular formula is C10H7F6O3P-2. The number of rotatable bonds is 3. The van der Waals surface area contributed by atoms with Crippen LogP contribution in [-0.2, 0) is 9.72 Å². The Morgan fingerprint density at radius 1 is 0.950 bits per heavy atom. The van der Waals surface area contributed by atoms with Gasteiger partial charge >= 0.3 is 12.4 Å². The van der Waals surface area contributed by atoms with E-state index in [0.29, 0.717) is 12.1 Å². The van der Waals surface area contributed by atoms with Crippen LogP contribution in [0.3, 0.4) is 0 Å². The molecule has 0 N–H and O–H groups in total. The van der Waals surface area contributed by atoms with Crippen molar-refractivity contribution < 1.29 is 40.7 Å². The van der Waals surface area contributed by atoms with Gasteiger partial charge in [-0.05, 0) is 13.2 Å². The average molecular weight is 320 g/mol. The Balaban J connectivity index is 3.65. The molecule has 0 amide bonds. The Labute approximate surface area is 109 Å². The summed E-state index contributed by atoms with van der Waals surface area (Å²) < 4.78 is 87.3. The normalized spacial score (nSPS) is 16.8. The highest BCUT2D eigenvalue weighted by molar-refractivity contribution is 7.50. The first-order chi connectivity index (χ1) is 8.81. The van der Waals surface area contributed by atoms with Gasteiger partial charge < -0.3 is 14.4 Å². The fourth-order valence-corrected chi connectivity index (χ4v) is 2.93. The van der Waals surface area contributed by atoms with E-state index in [4.69, 9.17) is 0 Å². The summed E-state index contributed by atoms with van der Waals surface area (Å²) in [6.07, 6.45) is -14.2. The van der Waals surface area contributed by atoms with E-state index >= 15 is 0 Å². The summed E-state index contributed by atoms with van der Waals surface area (Å²) in [5, 5.41) is -4.53.